The summed E-state index contributed by atoms with van der Waals surface area (Å²) in [4.78, 5) is 82.5. The summed E-state index contributed by atoms with van der Waals surface area (Å²) in [6, 6.07) is 4.25. The first-order valence-corrected chi connectivity index (χ1v) is 18.4. The smallest absolute Gasteiger partial charge is 0.493 e. The van der Waals surface area contributed by atoms with Crippen molar-refractivity contribution in [2.45, 2.75) is 106 Å². The van der Waals surface area contributed by atoms with E-state index < -0.39 is 76.2 Å². The van der Waals surface area contributed by atoms with E-state index >= 15 is 0 Å². The normalized spacial score (nSPS) is 14.5. The number of hydrogen-bond donors (Lipinski definition) is 3. The van der Waals surface area contributed by atoms with Gasteiger partial charge in [-0.3, -0.25) is 19.3 Å². The van der Waals surface area contributed by atoms with E-state index in [9.17, 15) is 39.4 Å². The molecule has 4 N–H and O–H groups in total. The number of primary amides is 1. The number of nitrogens with two attached hydrogens (primary N) is 1. The summed E-state index contributed by atoms with van der Waals surface area (Å²) < 4.78 is 32.3. The molecule has 1 aromatic carbocycles. The molecule has 0 aromatic heterocycles. The van der Waals surface area contributed by atoms with Crippen LogP contribution in [0.15, 0.2) is 18.2 Å². The van der Waals surface area contributed by atoms with Crippen molar-refractivity contribution in [3.63, 3.8) is 0 Å². The minimum atomic E-state index is -1.70. The molecule has 57 heavy (non-hydrogen) atoms. The molecule has 0 heterocycles. The number of carbonyl (C=O) groups is 4. The maximum Gasteiger partial charge on any atom is 0.510 e. The van der Waals surface area contributed by atoms with Crippen LogP contribution in [-0.4, -0.2) is 92.9 Å². The molecular weight excluding hydrogens is 758 g/mol. The number of hydrogen-bond acceptors (Lipinski definition) is 16. The molecule has 3 amide bonds. The third-order valence-electron chi connectivity index (χ3n) is 8.98. The van der Waals surface area contributed by atoms with Crippen LogP contribution in [-0.2, 0) is 44.6 Å². The molecule has 21 nitrogen and oxygen atoms in total. The molecule has 0 aliphatic rings. The van der Waals surface area contributed by atoms with Crippen LogP contribution in [0.3, 0.4) is 0 Å². The molecule has 0 saturated heterocycles. The minimum absolute atomic E-state index is 0.0628. The Bertz CT molecular complexity index is 1480. The van der Waals surface area contributed by atoms with Crippen molar-refractivity contribution in [1.29, 1.82) is 0 Å². The van der Waals surface area contributed by atoms with Crippen LogP contribution in [0.25, 0.3) is 0 Å². The first kappa shape index (κ1) is 49.7. The lowest BCUT2D eigenvalue weighted by Gasteiger charge is -2.34. The second-order valence-electron chi connectivity index (χ2n) is 14.6. The minimum Gasteiger partial charge on any atom is -0.493 e. The molecule has 0 aliphatic carbocycles. The summed E-state index contributed by atoms with van der Waals surface area (Å²) in [5.74, 6) is -1.90. The van der Waals surface area contributed by atoms with Gasteiger partial charge in [0.2, 0.25) is 24.4 Å². The van der Waals surface area contributed by atoms with Gasteiger partial charge in [0.25, 0.3) is 10.2 Å². The highest BCUT2D eigenvalue weighted by atomic mass is 17.0. The number of methoxy groups -OCH3 is 2. The standard InChI is InChI=1S/C36H59N5O16/c1-21(2)26(16-25-12-13-29(51-10)31(17-25)52-15-11-14-50-9)18-28(39-34(44)53-23(5)56-40(46)47)30(55-35(45)54-24(6)57-41(48)49)19-27(22(3)4)32(42)38-20-36(7,8)33(37)43/h12-13,17,21-24,26-28,30H,11,14-16,18-20H2,1-10H3,(H2,37,43)(H,38,42)(H,39,44). The van der Waals surface area contributed by atoms with E-state index in [0.29, 0.717) is 37.6 Å². The number of carbonyl (C=O) groups excluding carboxylic acids is 4. The molecule has 6 atom stereocenters. The highest BCUT2D eigenvalue weighted by molar-refractivity contribution is 5.83. The molecule has 324 valence electrons. The highest BCUT2D eigenvalue weighted by Gasteiger charge is 2.38. The van der Waals surface area contributed by atoms with E-state index in [0.717, 1.165) is 19.4 Å². The number of ether oxygens (including phenoxy) is 6. The van der Waals surface area contributed by atoms with Crippen LogP contribution in [0.1, 0.15) is 80.2 Å². The largest absolute Gasteiger partial charge is 0.510 e. The van der Waals surface area contributed by atoms with E-state index in [4.69, 9.17) is 34.2 Å². The molecule has 0 radical (unpaired) electrons. The van der Waals surface area contributed by atoms with Gasteiger partial charge in [0.1, 0.15) is 6.10 Å². The molecule has 0 aliphatic heterocycles. The zero-order valence-corrected chi connectivity index (χ0v) is 34.3. The zero-order valence-electron chi connectivity index (χ0n) is 34.3. The van der Waals surface area contributed by atoms with Crippen LogP contribution < -0.4 is 25.8 Å². The van der Waals surface area contributed by atoms with Crippen molar-refractivity contribution in [2.75, 3.05) is 34.0 Å². The van der Waals surface area contributed by atoms with Crippen molar-refractivity contribution < 1.29 is 67.4 Å². The number of nitrogens with one attached hydrogen (secondary N) is 2. The molecule has 0 bridgehead atoms. The summed E-state index contributed by atoms with van der Waals surface area (Å²) in [6.07, 6.45) is -6.51. The Balaban J connectivity index is 3.72. The van der Waals surface area contributed by atoms with Crippen molar-refractivity contribution in [3.8, 4) is 11.5 Å². The quantitative estimate of drug-likeness (QED) is 0.0366. The van der Waals surface area contributed by atoms with Crippen LogP contribution in [0.4, 0.5) is 9.59 Å². The molecule has 0 fully saturated rings. The van der Waals surface area contributed by atoms with E-state index in [1.165, 1.54) is 7.11 Å². The van der Waals surface area contributed by atoms with Gasteiger partial charge in [0, 0.05) is 32.6 Å². The first-order valence-electron chi connectivity index (χ1n) is 18.4. The monoisotopic (exact) mass is 817 g/mol. The predicted molar refractivity (Wildman–Crippen MR) is 200 cm³/mol. The van der Waals surface area contributed by atoms with Gasteiger partial charge in [0.15, 0.2) is 11.5 Å². The fraction of sp³-hybridized carbons (Fsp3) is 0.722. The molecule has 0 spiro atoms. The summed E-state index contributed by atoms with van der Waals surface area (Å²) in [6.45, 7) is 13.4. The third kappa shape index (κ3) is 18.9. The molecule has 0 saturated carbocycles. The SMILES string of the molecule is COCCCOc1cc(CC(CC(NC(=O)OC(C)O[N+](=O)[O-])C(CC(C(=O)NCC(C)(C)C(N)=O)C(C)C)OC(=O)OC(C)O[N+](=O)[O-])C(C)C)ccc1OC. The Kier molecular flexibility index (Phi) is 21.2. The maximum atomic E-state index is 13.7. The molecule has 1 aromatic rings. The van der Waals surface area contributed by atoms with Gasteiger partial charge in [-0.15, -0.1) is 20.2 Å². The number of amides is 3. The number of rotatable bonds is 27. The van der Waals surface area contributed by atoms with Crippen molar-refractivity contribution >= 4 is 24.1 Å². The van der Waals surface area contributed by atoms with Crippen LogP contribution in [0.5, 0.6) is 11.5 Å². The second-order valence-corrected chi connectivity index (χ2v) is 14.6. The summed E-state index contributed by atoms with van der Waals surface area (Å²) in [5, 5.41) is 24.8. The average Bonchev–Trinajstić information content (AvgIpc) is 3.09. The van der Waals surface area contributed by atoms with Crippen molar-refractivity contribution in [3.05, 3.63) is 44.0 Å². The van der Waals surface area contributed by atoms with Gasteiger partial charge < -0.3 is 44.8 Å². The van der Waals surface area contributed by atoms with E-state index in [-0.39, 0.29) is 31.2 Å². The van der Waals surface area contributed by atoms with Crippen LogP contribution >= 0.6 is 0 Å². The van der Waals surface area contributed by atoms with Crippen LogP contribution in [0, 0.1) is 49.3 Å². The predicted octanol–water partition coefficient (Wildman–Crippen LogP) is 4.33. The first-order chi connectivity index (χ1) is 26.6. The number of nitrogens with zero attached hydrogens (tertiary/aromatic N) is 2. The van der Waals surface area contributed by atoms with E-state index in [2.05, 4.69) is 20.3 Å². The Morgan fingerprint density at radius 3 is 1.98 bits per heavy atom. The van der Waals surface area contributed by atoms with Gasteiger partial charge in [-0.05, 0) is 82.4 Å². The van der Waals surface area contributed by atoms with E-state index in [1.54, 1.807) is 40.9 Å². The van der Waals surface area contributed by atoms with Gasteiger partial charge in [-0.25, -0.2) is 9.59 Å². The van der Waals surface area contributed by atoms with E-state index in [1.807, 2.05) is 26.0 Å². The second kappa shape index (κ2) is 24.3. The zero-order chi connectivity index (χ0) is 43.5. The summed E-state index contributed by atoms with van der Waals surface area (Å²) >= 11 is 0. The van der Waals surface area contributed by atoms with Gasteiger partial charge in [-0.1, -0.05) is 33.8 Å². The topological polar surface area (TPSA) is 278 Å². The number of alkyl carbamates (subject to hydrolysis) is 1. The third-order valence-corrected chi connectivity index (χ3v) is 8.98. The van der Waals surface area contributed by atoms with Gasteiger partial charge in [-0.2, -0.15) is 0 Å². The Hall–Kier alpha value is -5.34. The lowest BCUT2D eigenvalue weighted by Crippen LogP contribution is -2.50. The molecular formula is C36H59N5O16. The Labute approximate surface area is 332 Å². The molecule has 1 rings (SSSR count). The van der Waals surface area contributed by atoms with Gasteiger partial charge in [0.05, 0.1) is 25.2 Å². The van der Waals surface area contributed by atoms with Crippen LogP contribution in [0.2, 0.25) is 0 Å². The van der Waals surface area contributed by atoms with Crippen molar-refractivity contribution in [2.24, 2.45) is 34.8 Å². The number of benzene rings is 1. The highest BCUT2D eigenvalue weighted by Crippen LogP contribution is 2.33. The lowest BCUT2D eigenvalue weighted by atomic mass is 9.80. The fourth-order valence-corrected chi connectivity index (χ4v) is 5.53. The Morgan fingerprint density at radius 1 is 0.842 bits per heavy atom. The lowest BCUT2D eigenvalue weighted by molar-refractivity contribution is -0.777. The van der Waals surface area contributed by atoms with Gasteiger partial charge >= 0.3 is 12.2 Å². The Morgan fingerprint density at radius 2 is 1.46 bits per heavy atom. The summed E-state index contributed by atoms with van der Waals surface area (Å²) in [5.41, 5.74) is 5.21. The molecule has 6 unspecified atom stereocenters. The molecule has 21 heteroatoms. The fourth-order valence-electron chi connectivity index (χ4n) is 5.53. The van der Waals surface area contributed by atoms with Crippen molar-refractivity contribution in [1.82, 2.24) is 10.6 Å². The summed E-state index contributed by atoms with van der Waals surface area (Å²) in [7, 11) is 3.10. The average molecular weight is 818 g/mol. The maximum absolute atomic E-state index is 13.7.